The SMILES string of the molecule is Cc1nn(C)cc1-c1ccc2c(c1)C1(CCOCC1)CN2C(=O)c1ccccc1C#N. The summed E-state index contributed by atoms with van der Waals surface area (Å²) in [5.41, 5.74) is 6.06. The molecule has 1 fully saturated rings. The molecular weight excluding hydrogens is 388 g/mol. The number of rotatable bonds is 2. The molecule has 0 atom stereocenters. The summed E-state index contributed by atoms with van der Waals surface area (Å²) in [6, 6.07) is 15.5. The van der Waals surface area contributed by atoms with Crippen LogP contribution in [0.5, 0.6) is 0 Å². The molecule has 0 radical (unpaired) electrons. The second-order valence-corrected chi connectivity index (χ2v) is 8.48. The van der Waals surface area contributed by atoms with Crippen LogP contribution in [0.1, 0.15) is 40.0 Å². The van der Waals surface area contributed by atoms with Crippen LogP contribution in [0.15, 0.2) is 48.7 Å². The lowest BCUT2D eigenvalue weighted by Crippen LogP contribution is -2.40. The zero-order valence-corrected chi connectivity index (χ0v) is 17.8. The van der Waals surface area contributed by atoms with Crippen LogP contribution in [-0.2, 0) is 17.2 Å². The molecule has 1 amide bonds. The second kappa shape index (κ2) is 7.36. The number of aryl methyl sites for hydroxylation is 2. The third-order valence-corrected chi connectivity index (χ3v) is 6.62. The van der Waals surface area contributed by atoms with Crippen LogP contribution in [0.2, 0.25) is 0 Å². The Morgan fingerprint density at radius 2 is 1.97 bits per heavy atom. The zero-order chi connectivity index (χ0) is 21.6. The fraction of sp³-hybridized carbons (Fsp3) is 0.320. The van der Waals surface area contributed by atoms with Gasteiger partial charge in [0.2, 0.25) is 0 Å². The molecule has 1 saturated heterocycles. The Hall–Kier alpha value is -3.43. The van der Waals surface area contributed by atoms with Crippen molar-refractivity contribution in [1.29, 1.82) is 5.26 Å². The topological polar surface area (TPSA) is 71.2 Å². The van der Waals surface area contributed by atoms with Gasteiger partial charge in [0, 0.05) is 49.7 Å². The molecule has 31 heavy (non-hydrogen) atoms. The Kier molecular flexibility index (Phi) is 4.64. The Labute approximate surface area is 181 Å². The van der Waals surface area contributed by atoms with Crippen molar-refractivity contribution < 1.29 is 9.53 Å². The van der Waals surface area contributed by atoms with Crippen LogP contribution in [0.3, 0.4) is 0 Å². The molecule has 156 valence electrons. The van der Waals surface area contributed by atoms with Crippen LogP contribution in [0.25, 0.3) is 11.1 Å². The van der Waals surface area contributed by atoms with Gasteiger partial charge in [0.15, 0.2) is 0 Å². The number of nitrogens with zero attached hydrogens (tertiary/aromatic N) is 4. The van der Waals surface area contributed by atoms with Gasteiger partial charge in [-0.15, -0.1) is 0 Å². The number of benzene rings is 2. The van der Waals surface area contributed by atoms with E-state index in [1.165, 1.54) is 5.56 Å². The average molecular weight is 412 g/mol. The highest BCUT2D eigenvalue weighted by Crippen LogP contribution is 2.48. The Balaban J connectivity index is 1.62. The van der Waals surface area contributed by atoms with E-state index < -0.39 is 0 Å². The van der Waals surface area contributed by atoms with E-state index in [4.69, 9.17) is 4.74 Å². The van der Waals surface area contributed by atoms with E-state index >= 15 is 0 Å². The molecule has 0 aliphatic carbocycles. The molecule has 6 heteroatoms. The van der Waals surface area contributed by atoms with Gasteiger partial charge in [-0.05, 0) is 55.2 Å². The van der Waals surface area contributed by atoms with Crippen molar-refractivity contribution in [1.82, 2.24) is 9.78 Å². The van der Waals surface area contributed by atoms with E-state index in [9.17, 15) is 10.1 Å². The molecule has 2 aliphatic rings. The first-order valence-electron chi connectivity index (χ1n) is 10.6. The van der Waals surface area contributed by atoms with Crippen molar-refractivity contribution in [2.75, 3.05) is 24.7 Å². The molecule has 3 aromatic rings. The summed E-state index contributed by atoms with van der Waals surface area (Å²) >= 11 is 0. The molecule has 3 heterocycles. The van der Waals surface area contributed by atoms with Gasteiger partial charge in [0.05, 0.1) is 22.9 Å². The third kappa shape index (κ3) is 3.13. The fourth-order valence-corrected chi connectivity index (χ4v) is 5.00. The van der Waals surface area contributed by atoms with Crippen molar-refractivity contribution in [3.8, 4) is 17.2 Å². The number of anilines is 1. The smallest absolute Gasteiger partial charge is 0.259 e. The Bertz CT molecular complexity index is 1210. The Morgan fingerprint density at radius 3 is 2.68 bits per heavy atom. The highest BCUT2D eigenvalue weighted by molar-refractivity contribution is 6.09. The first kappa shape index (κ1) is 19.5. The van der Waals surface area contributed by atoms with Gasteiger partial charge < -0.3 is 9.64 Å². The summed E-state index contributed by atoms with van der Waals surface area (Å²) in [6.45, 7) is 4.00. The molecular formula is C25H24N4O2. The molecule has 2 aromatic carbocycles. The minimum atomic E-state index is -0.128. The van der Waals surface area contributed by atoms with Gasteiger partial charge in [0.1, 0.15) is 0 Å². The number of hydrogen-bond acceptors (Lipinski definition) is 4. The quantitative estimate of drug-likeness (QED) is 0.638. The van der Waals surface area contributed by atoms with Gasteiger partial charge in [-0.2, -0.15) is 10.4 Å². The van der Waals surface area contributed by atoms with E-state index in [1.807, 2.05) is 41.9 Å². The van der Waals surface area contributed by atoms with Gasteiger partial charge in [-0.25, -0.2) is 0 Å². The van der Waals surface area contributed by atoms with E-state index in [-0.39, 0.29) is 11.3 Å². The summed E-state index contributed by atoms with van der Waals surface area (Å²) in [7, 11) is 1.93. The van der Waals surface area contributed by atoms with Crippen molar-refractivity contribution >= 4 is 11.6 Å². The molecule has 5 rings (SSSR count). The summed E-state index contributed by atoms with van der Waals surface area (Å²) < 4.78 is 7.50. The maximum atomic E-state index is 13.6. The average Bonchev–Trinajstić information content (AvgIpc) is 3.30. The summed E-state index contributed by atoms with van der Waals surface area (Å²) in [6.07, 6.45) is 3.78. The van der Waals surface area contributed by atoms with Crippen LogP contribution in [-0.4, -0.2) is 35.4 Å². The van der Waals surface area contributed by atoms with Gasteiger partial charge in [0.25, 0.3) is 5.91 Å². The zero-order valence-electron chi connectivity index (χ0n) is 17.8. The Morgan fingerprint density at radius 1 is 1.19 bits per heavy atom. The number of carbonyl (C=O) groups excluding carboxylic acids is 1. The molecule has 0 bridgehead atoms. The normalized spacial score (nSPS) is 16.9. The number of carbonyl (C=O) groups is 1. The summed E-state index contributed by atoms with van der Waals surface area (Å²) in [5, 5.41) is 14.0. The summed E-state index contributed by atoms with van der Waals surface area (Å²) in [4.78, 5) is 15.4. The van der Waals surface area contributed by atoms with Crippen LogP contribution in [0.4, 0.5) is 5.69 Å². The number of aromatic nitrogens is 2. The number of ether oxygens (including phenoxy) is 1. The number of fused-ring (bicyclic) bond motifs is 2. The molecule has 0 unspecified atom stereocenters. The largest absolute Gasteiger partial charge is 0.381 e. The molecule has 6 nitrogen and oxygen atoms in total. The van der Waals surface area contributed by atoms with Crippen LogP contribution < -0.4 is 4.90 Å². The predicted octanol–water partition coefficient (Wildman–Crippen LogP) is 3.98. The van der Waals surface area contributed by atoms with Gasteiger partial charge in [-0.3, -0.25) is 9.48 Å². The highest BCUT2D eigenvalue weighted by Gasteiger charge is 2.46. The standard InChI is InChI=1S/C25H24N4O2/c1-17-21(15-28(2)27-17)18-7-8-23-22(13-18)25(9-11-31-12-10-25)16-29(23)24(30)20-6-4-3-5-19(20)14-26/h3-8,13,15H,9-12,16H2,1-2H3. The fourth-order valence-electron chi connectivity index (χ4n) is 5.00. The van der Waals surface area contributed by atoms with Crippen molar-refractivity contribution in [2.24, 2.45) is 7.05 Å². The van der Waals surface area contributed by atoms with Crippen molar-refractivity contribution in [3.05, 3.63) is 71.0 Å². The second-order valence-electron chi connectivity index (χ2n) is 8.48. The molecule has 1 aromatic heterocycles. The molecule has 1 spiro atoms. The number of hydrogen-bond donors (Lipinski definition) is 0. The maximum Gasteiger partial charge on any atom is 0.259 e. The molecule has 0 N–H and O–H groups in total. The van der Waals surface area contributed by atoms with E-state index in [0.29, 0.717) is 30.9 Å². The third-order valence-electron chi connectivity index (χ3n) is 6.62. The number of amides is 1. The molecule has 2 aliphatic heterocycles. The minimum absolute atomic E-state index is 0.118. The number of nitriles is 1. The van der Waals surface area contributed by atoms with Crippen LogP contribution >= 0.6 is 0 Å². The lowest BCUT2D eigenvalue weighted by atomic mass is 9.75. The first-order chi connectivity index (χ1) is 15.0. The van der Waals surface area contributed by atoms with E-state index in [2.05, 4.69) is 23.3 Å². The van der Waals surface area contributed by atoms with Crippen molar-refractivity contribution in [3.63, 3.8) is 0 Å². The van der Waals surface area contributed by atoms with Crippen LogP contribution in [0, 0.1) is 18.3 Å². The minimum Gasteiger partial charge on any atom is -0.381 e. The summed E-state index contributed by atoms with van der Waals surface area (Å²) in [5.74, 6) is -0.118. The van der Waals surface area contributed by atoms with Crippen molar-refractivity contribution in [2.45, 2.75) is 25.2 Å². The maximum absolute atomic E-state index is 13.6. The lowest BCUT2D eigenvalue weighted by Gasteiger charge is -2.34. The monoisotopic (exact) mass is 412 g/mol. The first-order valence-corrected chi connectivity index (χ1v) is 10.6. The lowest BCUT2D eigenvalue weighted by molar-refractivity contribution is 0.0547. The molecule has 0 saturated carbocycles. The predicted molar refractivity (Wildman–Crippen MR) is 118 cm³/mol. The van der Waals surface area contributed by atoms with E-state index in [0.717, 1.165) is 35.3 Å². The highest BCUT2D eigenvalue weighted by atomic mass is 16.5. The van der Waals surface area contributed by atoms with Gasteiger partial charge in [-0.1, -0.05) is 18.2 Å². The van der Waals surface area contributed by atoms with E-state index in [1.54, 1.807) is 18.2 Å². The van der Waals surface area contributed by atoms with Gasteiger partial charge >= 0.3 is 0 Å².